The number of aliphatic hydroxyl groups is 1. The number of aliphatic hydroxyl groups excluding tert-OH is 1. The first-order chi connectivity index (χ1) is 14.4. The lowest BCUT2D eigenvalue weighted by Gasteiger charge is -2.43. The highest BCUT2D eigenvalue weighted by Gasteiger charge is 2.40. The van der Waals surface area contributed by atoms with Gasteiger partial charge in [0.1, 0.15) is 0 Å². The van der Waals surface area contributed by atoms with E-state index in [4.69, 9.17) is 16.3 Å². The van der Waals surface area contributed by atoms with Gasteiger partial charge in [-0.1, -0.05) is 25.4 Å². The van der Waals surface area contributed by atoms with Crippen LogP contribution < -0.4 is 5.32 Å². The molecule has 0 spiro atoms. The van der Waals surface area contributed by atoms with Gasteiger partial charge in [0, 0.05) is 48.3 Å². The first-order valence-corrected chi connectivity index (χ1v) is 11.2. The molecule has 2 saturated heterocycles. The summed E-state index contributed by atoms with van der Waals surface area (Å²) >= 11 is 6.28. The van der Waals surface area contributed by atoms with E-state index in [0.717, 1.165) is 42.1 Å². The number of piperidine rings is 1. The first kappa shape index (κ1) is 21.4. The number of aromatic nitrogens is 2. The molecule has 0 bridgehead atoms. The van der Waals surface area contributed by atoms with E-state index >= 15 is 0 Å². The van der Waals surface area contributed by atoms with Crippen molar-refractivity contribution in [1.82, 2.24) is 20.4 Å². The molecule has 2 amide bonds. The summed E-state index contributed by atoms with van der Waals surface area (Å²) < 4.78 is 5.36. The average Bonchev–Trinajstić information content (AvgIpc) is 3.21. The minimum Gasteiger partial charge on any atom is -0.388 e. The normalized spacial score (nSPS) is 20.5. The second kappa shape index (κ2) is 8.73. The molecule has 164 valence electrons. The maximum Gasteiger partial charge on any atom is 0.317 e. The van der Waals surface area contributed by atoms with E-state index in [-0.39, 0.29) is 23.4 Å². The van der Waals surface area contributed by atoms with Crippen molar-refractivity contribution in [2.24, 2.45) is 11.3 Å². The summed E-state index contributed by atoms with van der Waals surface area (Å²) in [5.74, 6) is 0.289. The predicted octanol–water partition coefficient (Wildman–Crippen LogP) is 3.88. The highest BCUT2D eigenvalue weighted by atomic mass is 35.5. The minimum atomic E-state index is -0.688. The Bertz CT molecular complexity index is 886. The van der Waals surface area contributed by atoms with Crippen molar-refractivity contribution in [2.45, 2.75) is 51.7 Å². The molecule has 1 aromatic carbocycles. The number of H-pyrrole nitrogens is 1. The van der Waals surface area contributed by atoms with Crippen molar-refractivity contribution in [3.8, 4) is 0 Å². The predicted molar refractivity (Wildman–Crippen MR) is 117 cm³/mol. The molecule has 1 aromatic heterocycles. The van der Waals surface area contributed by atoms with Crippen LogP contribution in [0, 0.1) is 11.3 Å². The summed E-state index contributed by atoms with van der Waals surface area (Å²) in [5.41, 5.74) is 1.24. The molecule has 2 fully saturated rings. The third-order valence-electron chi connectivity index (χ3n) is 6.93. The van der Waals surface area contributed by atoms with Crippen molar-refractivity contribution in [2.75, 3.05) is 26.3 Å². The SMILES string of the molecule is CC(C)(C1CCN(C(=O)NC2CCOCC2)CC1)C(O)c1cc(Cl)cc2cn[nH]c12. The molecular formula is C22H31ClN4O3. The third kappa shape index (κ3) is 4.29. The van der Waals surface area contributed by atoms with Gasteiger partial charge in [-0.25, -0.2) is 4.79 Å². The van der Waals surface area contributed by atoms with Crippen molar-refractivity contribution in [3.05, 3.63) is 28.9 Å². The van der Waals surface area contributed by atoms with Crippen LogP contribution >= 0.6 is 11.6 Å². The number of likely N-dealkylation sites (tertiary alicyclic amines) is 1. The van der Waals surface area contributed by atoms with Gasteiger partial charge >= 0.3 is 6.03 Å². The van der Waals surface area contributed by atoms with Gasteiger partial charge in [0.25, 0.3) is 0 Å². The fourth-order valence-corrected chi connectivity index (χ4v) is 5.06. The molecular weight excluding hydrogens is 404 g/mol. The molecule has 2 aliphatic rings. The third-order valence-corrected chi connectivity index (χ3v) is 7.14. The Balaban J connectivity index is 1.40. The molecule has 3 N–H and O–H groups in total. The summed E-state index contributed by atoms with van der Waals surface area (Å²) in [7, 11) is 0. The van der Waals surface area contributed by atoms with E-state index in [1.54, 1.807) is 6.20 Å². The van der Waals surface area contributed by atoms with Gasteiger partial charge in [0.2, 0.25) is 0 Å². The first-order valence-electron chi connectivity index (χ1n) is 10.8. The Morgan fingerprint density at radius 1 is 1.30 bits per heavy atom. The number of carbonyl (C=O) groups excluding carboxylic acids is 1. The van der Waals surface area contributed by atoms with E-state index in [1.165, 1.54) is 0 Å². The maximum atomic E-state index is 12.6. The minimum absolute atomic E-state index is 0.0210. The lowest BCUT2D eigenvalue weighted by atomic mass is 9.68. The van der Waals surface area contributed by atoms with Crippen LogP contribution in [-0.2, 0) is 4.74 Å². The Kier molecular flexibility index (Phi) is 6.23. The molecule has 30 heavy (non-hydrogen) atoms. The number of ether oxygens (including phenoxy) is 1. The van der Waals surface area contributed by atoms with Crippen LogP contribution in [0.15, 0.2) is 18.3 Å². The molecule has 2 aliphatic heterocycles. The van der Waals surface area contributed by atoms with Crippen LogP contribution in [-0.4, -0.2) is 58.6 Å². The number of halogens is 1. The molecule has 7 nitrogen and oxygen atoms in total. The monoisotopic (exact) mass is 434 g/mol. The maximum absolute atomic E-state index is 12.6. The Morgan fingerprint density at radius 2 is 2.00 bits per heavy atom. The number of hydrogen-bond donors (Lipinski definition) is 3. The van der Waals surface area contributed by atoms with E-state index in [2.05, 4.69) is 29.4 Å². The zero-order chi connectivity index (χ0) is 21.3. The highest BCUT2D eigenvalue weighted by molar-refractivity contribution is 6.31. The number of rotatable bonds is 4. The van der Waals surface area contributed by atoms with Crippen molar-refractivity contribution >= 4 is 28.5 Å². The Morgan fingerprint density at radius 3 is 2.70 bits per heavy atom. The van der Waals surface area contributed by atoms with Crippen molar-refractivity contribution in [3.63, 3.8) is 0 Å². The number of hydrogen-bond acceptors (Lipinski definition) is 4. The van der Waals surface area contributed by atoms with Gasteiger partial charge in [-0.05, 0) is 49.1 Å². The number of amides is 2. The molecule has 0 aliphatic carbocycles. The van der Waals surface area contributed by atoms with E-state index in [1.807, 2.05) is 17.0 Å². The fourth-order valence-electron chi connectivity index (χ4n) is 4.82. The number of aromatic amines is 1. The van der Waals surface area contributed by atoms with E-state index in [9.17, 15) is 9.90 Å². The summed E-state index contributed by atoms with van der Waals surface area (Å²) in [4.78, 5) is 14.5. The van der Waals surface area contributed by atoms with Gasteiger partial charge in [-0.3, -0.25) is 5.10 Å². The van der Waals surface area contributed by atoms with Crippen LogP contribution in [0.25, 0.3) is 10.9 Å². The number of urea groups is 1. The summed E-state index contributed by atoms with van der Waals surface area (Å²) in [6.07, 6.45) is 4.51. The van der Waals surface area contributed by atoms with E-state index < -0.39 is 6.10 Å². The molecule has 8 heteroatoms. The molecule has 4 rings (SSSR count). The van der Waals surface area contributed by atoms with Crippen molar-refractivity contribution < 1.29 is 14.6 Å². The Labute approximate surface area is 182 Å². The molecule has 1 atom stereocenters. The number of fused-ring (bicyclic) bond motifs is 1. The quantitative estimate of drug-likeness (QED) is 0.681. The summed E-state index contributed by atoms with van der Waals surface area (Å²) in [5, 5.41) is 23.1. The second-order valence-electron chi connectivity index (χ2n) is 9.15. The van der Waals surface area contributed by atoms with Gasteiger partial charge in [-0.15, -0.1) is 0 Å². The number of benzene rings is 1. The van der Waals surface area contributed by atoms with Gasteiger partial charge < -0.3 is 20.1 Å². The average molecular weight is 435 g/mol. The second-order valence-corrected chi connectivity index (χ2v) is 9.59. The van der Waals surface area contributed by atoms with Crippen molar-refractivity contribution in [1.29, 1.82) is 0 Å². The van der Waals surface area contributed by atoms with Crippen LogP contribution in [0.5, 0.6) is 0 Å². The lowest BCUT2D eigenvalue weighted by Crippen LogP contribution is -2.50. The number of nitrogens with zero attached hydrogens (tertiary/aromatic N) is 2. The van der Waals surface area contributed by atoms with Crippen LogP contribution in [0.2, 0.25) is 5.02 Å². The highest BCUT2D eigenvalue weighted by Crippen LogP contribution is 2.46. The van der Waals surface area contributed by atoms with Gasteiger partial charge in [0.05, 0.1) is 17.8 Å². The topological polar surface area (TPSA) is 90.5 Å². The molecule has 0 radical (unpaired) electrons. The Hall–Kier alpha value is -1.83. The van der Waals surface area contributed by atoms with Gasteiger partial charge in [-0.2, -0.15) is 5.10 Å². The molecule has 1 unspecified atom stereocenters. The lowest BCUT2D eigenvalue weighted by molar-refractivity contribution is -0.0146. The largest absolute Gasteiger partial charge is 0.388 e. The smallest absolute Gasteiger partial charge is 0.317 e. The summed E-state index contributed by atoms with van der Waals surface area (Å²) in [6.45, 7) is 7.03. The fraction of sp³-hybridized carbons (Fsp3) is 0.636. The van der Waals surface area contributed by atoms with Crippen LogP contribution in [0.1, 0.15) is 51.2 Å². The zero-order valence-corrected chi connectivity index (χ0v) is 18.4. The zero-order valence-electron chi connectivity index (χ0n) is 17.7. The van der Waals surface area contributed by atoms with Crippen LogP contribution in [0.3, 0.4) is 0 Å². The van der Waals surface area contributed by atoms with Gasteiger partial charge in [0.15, 0.2) is 0 Å². The molecule has 0 saturated carbocycles. The summed E-state index contributed by atoms with van der Waals surface area (Å²) in [6, 6.07) is 3.90. The number of carbonyl (C=O) groups is 1. The molecule has 2 aromatic rings. The van der Waals surface area contributed by atoms with E-state index in [0.29, 0.717) is 31.3 Å². The van der Waals surface area contributed by atoms with Crippen LogP contribution in [0.4, 0.5) is 4.79 Å². The number of nitrogens with one attached hydrogen (secondary N) is 2. The standard InChI is InChI=1S/C22H31ClN4O3/c1-22(2,20(28)18-12-16(23)11-14-13-24-26-19(14)18)15-3-7-27(8-4-15)21(29)25-17-5-9-30-10-6-17/h11-13,15,17,20,28H,3-10H2,1-2H3,(H,24,26)(H,25,29). The molecule has 3 heterocycles.